The van der Waals surface area contributed by atoms with Crippen molar-refractivity contribution in [2.45, 2.75) is 26.8 Å². The fourth-order valence-corrected chi connectivity index (χ4v) is 1.55. The number of nitrogens with one attached hydrogen (secondary N) is 1. The summed E-state index contributed by atoms with van der Waals surface area (Å²) in [6.45, 7) is 5.70. The highest BCUT2D eigenvalue weighted by Crippen LogP contribution is 2.11. The minimum atomic E-state index is -2.34. The van der Waals surface area contributed by atoms with Crippen LogP contribution in [0.4, 0.5) is 14.6 Å². The van der Waals surface area contributed by atoms with Gasteiger partial charge in [0.1, 0.15) is 5.82 Å². The van der Waals surface area contributed by atoms with Crippen LogP contribution in [0.5, 0.6) is 0 Å². The molecule has 102 valence electrons. The van der Waals surface area contributed by atoms with Crippen LogP contribution in [0.1, 0.15) is 19.4 Å². The number of pyridine rings is 1. The molecule has 1 aromatic heterocycles. The van der Waals surface area contributed by atoms with Crippen molar-refractivity contribution in [3.05, 3.63) is 23.9 Å². The Kier molecular flexibility index (Phi) is 5.98. The van der Waals surface area contributed by atoms with Gasteiger partial charge in [0, 0.05) is 19.8 Å². The number of rotatable bonds is 7. The maximum absolute atomic E-state index is 12.2. The van der Waals surface area contributed by atoms with E-state index in [-0.39, 0.29) is 6.54 Å². The highest BCUT2D eigenvalue weighted by Gasteiger charge is 2.09. The maximum Gasteiger partial charge on any atom is 0.255 e. The molecule has 0 bridgehead atoms. The monoisotopic (exact) mass is 257 g/mol. The lowest BCUT2D eigenvalue weighted by Gasteiger charge is -2.17. The second-order valence-electron chi connectivity index (χ2n) is 4.82. The Morgan fingerprint density at radius 2 is 2.06 bits per heavy atom. The summed E-state index contributed by atoms with van der Waals surface area (Å²) in [4.78, 5) is 5.64. The van der Waals surface area contributed by atoms with Gasteiger partial charge in [-0.2, -0.15) is 0 Å². The third kappa shape index (κ3) is 5.40. The van der Waals surface area contributed by atoms with Crippen molar-refractivity contribution in [1.82, 2.24) is 10.3 Å². The molecule has 3 nitrogen and oxygen atoms in total. The van der Waals surface area contributed by atoms with E-state index in [2.05, 4.69) is 24.1 Å². The standard InChI is InChI=1S/C13H21F2N3/c1-10(2)6-16-7-11-4-5-13(17-8-11)18(3)9-12(14)15/h4-5,8,10,12,16H,6-7,9H2,1-3H3. The van der Waals surface area contributed by atoms with E-state index in [1.165, 1.54) is 4.90 Å². The largest absolute Gasteiger partial charge is 0.354 e. The predicted octanol–water partition coefficient (Wildman–Crippen LogP) is 2.53. The SMILES string of the molecule is CC(C)CNCc1ccc(N(C)CC(F)F)nc1. The third-order valence-corrected chi connectivity index (χ3v) is 2.49. The van der Waals surface area contributed by atoms with E-state index in [4.69, 9.17) is 0 Å². The molecule has 0 aliphatic heterocycles. The lowest BCUT2D eigenvalue weighted by molar-refractivity contribution is 0.156. The molecule has 1 aromatic rings. The summed E-state index contributed by atoms with van der Waals surface area (Å²) >= 11 is 0. The van der Waals surface area contributed by atoms with Crippen LogP contribution in [0.15, 0.2) is 18.3 Å². The molecule has 0 aromatic carbocycles. The number of alkyl halides is 2. The fourth-order valence-electron chi connectivity index (χ4n) is 1.55. The van der Waals surface area contributed by atoms with Crippen LogP contribution in [0.25, 0.3) is 0 Å². The molecule has 5 heteroatoms. The van der Waals surface area contributed by atoms with Crippen LogP contribution < -0.4 is 10.2 Å². The number of anilines is 1. The summed E-state index contributed by atoms with van der Waals surface area (Å²) in [5, 5.41) is 3.31. The van der Waals surface area contributed by atoms with E-state index in [9.17, 15) is 8.78 Å². The fraction of sp³-hybridized carbons (Fsp3) is 0.615. The minimum absolute atomic E-state index is 0.294. The molecule has 0 aliphatic rings. The lowest BCUT2D eigenvalue weighted by Crippen LogP contribution is -2.25. The Labute approximate surface area is 107 Å². The van der Waals surface area contributed by atoms with Gasteiger partial charge in [-0.15, -0.1) is 0 Å². The van der Waals surface area contributed by atoms with Crippen LogP contribution in [0.3, 0.4) is 0 Å². The molecule has 1 heterocycles. The quantitative estimate of drug-likeness (QED) is 0.813. The van der Waals surface area contributed by atoms with Gasteiger partial charge in [-0.25, -0.2) is 13.8 Å². The van der Waals surface area contributed by atoms with Crippen LogP contribution in [-0.4, -0.2) is 31.5 Å². The highest BCUT2D eigenvalue weighted by atomic mass is 19.3. The summed E-state index contributed by atoms with van der Waals surface area (Å²) < 4.78 is 24.4. The van der Waals surface area contributed by atoms with Crippen molar-refractivity contribution in [3.8, 4) is 0 Å². The van der Waals surface area contributed by atoms with Crippen molar-refractivity contribution in [2.75, 3.05) is 25.0 Å². The van der Waals surface area contributed by atoms with E-state index in [0.717, 1.165) is 18.7 Å². The Hall–Kier alpha value is -1.23. The molecule has 0 saturated carbocycles. The van der Waals surface area contributed by atoms with Crippen molar-refractivity contribution in [3.63, 3.8) is 0 Å². The van der Waals surface area contributed by atoms with Crippen molar-refractivity contribution >= 4 is 5.82 Å². The predicted molar refractivity (Wildman–Crippen MR) is 70.1 cm³/mol. The van der Waals surface area contributed by atoms with Gasteiger partial charge < -0.3 is 10.2 Å². The molecule has 0 saturated heterocycles. The Morgan fingerprint density at radius 3 is 2.56 bits per heavy atom. The van der Waals surface area contributed by atoms with Gasteiger partial charge in [-0.05, 0) is 24.1 Å². The van der Waals surface area contributed by atoms with E-state index in [1.807, 2.05) is 6.07 Å². The van der Waals surface area contributed by atoms with Crippen molar-refractivity contribution in [1.29, 1.82) is 0 Å². The Balaban J connectivity index is 2.46. The first kappa shape index (κ1) is 14.8. The topological polar surface area (TPSA) is 28.2 Å². The van der Waals surface area contributed by atoms with Crippen LogP contribution in [0, 0.1) is 5.92 Å². The van der Waals surface area contributed by atoms with Gasteiger partial charge in [0.15, 0.2) is 0 Å². The molecule has 0 unspecified atom stereocenters. The first-order chi connectivity index (χ1) is 8.49. The van der Waals surface area contributed by atoms with Crippen LogP contribution in [-0.2, 0) is 6.54 Å². The van der Waals surface area contributed by atoms with Crippen LogP contribution in [0.2, 0.25) is 0 Å². The van der Waals surface area contributed by atoms with Gasteiger partial charge in [-0.3, -0.25) is 0 Å². The van der Waals surface area contributed by atoms with Gasteiger partial charge >= 0.3 is 0 Å². The molecule has 0 aliphatic carbocycles. The van der Waals surface area contributed by atoms with Gasteiger partial charge in [-0.1, -0.05) is 19.9 Å². The second kappa shape index (κ2) is 7.26. The number of aromatic nitrogens is 1. The molecule has 0 amide bonds. The minimum Gasteiger partial charge on any atom is -0.354 e. The summed E-state index contributed by atoms with van der Waals surface area (Å²) in [5.41, 5.74) is 1.06. The molecule has 0 spiro atoms. The number of halogens is 2. The summed E-state index contributed by atoms with van der Waals surface area (Å²) in [6, 6.07) is 3.69. The smallest absolute Gasteiger partial charge is 0.255 e. The number of hydrogen-bond acceptors (Lipinski definition) is 3. The Bertz CT molecular complexity index is 339. The first-order valence-corrected chi connectivity index (χ1v) is 6.14. The first-order valence-electron chi connectivity index (χ1n) is 6.14. The van der Waals surface area contributed by atoms with E-state index < -0.39 is 6.43 Å². The maximum atomic E-state index is 12.2. The zero-order chi connectivity index (χ0) is 13.5. The van der Waals surface area contributed by atoms with E-state index in [0.29, 0.717) is 11.7 Å². The zero-order valence-corrected chi connectivity index (χ0v) is 11.2. The van der Waals surface area contributed by atoms with Crippen molar-refractivity contribution in [2.24, 2.45) is 5.92 Å². The molecule has 1 rings (SSSR count). The van der Waals surface area contributed by atoms with E-state index in [1.54, 1.807) is 19.3 Å². The molecule has 0 radical (unpaired) electrons. The third-order valence-electron chi connectivity index (χ3n) is 2.49. The zero-order valence-electron chi connectivity index (χ0n) is 11.2. The molecule has 1 N–H and O–H groups in total. The molecular weight excluding hydrogens is 236 g/mol. The number of hydrogen-bond donors (Lipinski definition) is 1. The molecule has 0 atom stereocenters. The molecular formula is C13H21F2N3. The second-order valence-corrected chi connectivity index (χ2v) is 4.82. The average molecular weight is 257 g/mol. The number of nitrogens with zero attached hydrogens (tertiary/aromatic N) is 2. The molecule has 18 heavy (non-hydrogen) atoms. The van der Waals surface area contributed by atoms with E-state index >= 15 is 0 Å². The molecule has 0 fully saturated rings. The highest BCUT2D eigenvalue weighted by molar-refractivity contribution is 5.38. The van der Waals surface area contributed by atoms with Crippen molar-refractivity contribution < 1.29 is 8.78 Å². The summed E-state index contributed by atoms with van der Waals surface area (Å²) in [6.07, 6.45) is -0.617. The van der Waals surface area contributed by atoms with Gasteiger partial charge in [0.2, 0.25) is 0 Å². The average Bonchev–Trinajstić information content (AvgIpc) is 2.28. The Morgan fingerprint density at radius 1 is 1.33 bits per heavy atom. The van der Waals surface area contributed by atoms with Crippen LogP contribution >= 0.6 is 0 Å². The summed E-state index contributed by atoms with van der Waals surface area (Å²) in [5.74, 6) is 1.18. The van der Waals surface area contributed by atoms with Gasteiger partial charge in [0.05, 0.1) is 6.54 Å². The lowest BCUT2D eigenvalue weighted by atomic mass is 10.2. The summed E-state index contributed by atoms with van der Waals surface area (Å²) in [7, 11) is 1.62. The normalized spacial score (nSPS) is 11.3. The van der Waals surface area contributed by atoms with Gasteiger partial charge in [0.25, 0.3) is 6.43 Å².